The summed E-state index contributed by atoms with van der Waals surface area (Å²) in [5, 5.41) is 13.4. The lowest BCUT2D eigenvalue weighted by Crippen LogP contribution is -2.29. The second kappa shape index (κ2) is 5.09. The Morgan fingerprint density at radius 1 is 1.47 bits per heavy atom. The van der Waals surface area contributed by atoms with E-state index in [1.807, 2.05) is 0 Å². The Morgan fingerprint density at radius 2 is 2.32 bits per heavy atom. The minimum absolute atomic E-state index is 0.244. The Hall–Kier alpha value is -1.14. The molecule has 6 heteroatoms. The molecule has 3 unspecified atom stereocenters. The van der Waals surface area contributed by atoms with E-state index in [2.05, 4.69) is 10.3 Å². The van der Waals surface area contributed by atoms with Crippen molar-refractivity contribution in [2.45, 2.75) is 50.2 Å². The summed E-state index contributed by atoms with van der Waals surface area (Å²) < 4.78 is 5.45. The third-order valence-electron chi connectivity index (χ3n) is 4.08. The molecule has 104 valence electrons. The number of rotatable bonds is 4. The number of aryl methyl sites for hydroxylation is 1. The first kappa shape index (κ1) is 12.9. The second-order valence-electron chi connectivity index (χ2n) is 5.21. The third-order valence-corrected chi connectivity index (χ3v) is 5.14. The van der Waals surface area contributed by atoms with Crippen LogP contribution in [0.2, 0.25) is 0 Å². The van der Waals surface area contributed by atoms with Crippen molar-refractivity contribution in [2.24, 2.45) is 0 Å². The Labute approximate surface area is 116 Å². The molecule has 0 bridgehead atoms. The molecule has 0 aromatic carbocycles. The number of nitrogens with zero attached hydrogens (tertiary/aromatic N) is 1. The average Bonchev–Trinajstić information content (AvgIpc) is 3.03. The predicted molar refractivity (Wildman–Crippen MR) is 72.9 cm³/mol. The van der Waals surface area contributed by atoms with Gasteiger partial charge in [0.15, 0.2) is 5.13 Å². The fourth-order valence-corrected chi connectivity index (χ4v) is 4.16. The summed E-state index contributed by atoms with van der Waals surface area (Å²) in [6, 6.07) is 0.305. The summed E-state index contributed by atoms with van der Waals surface area (Å²) in [5.74, 6) is -1.17. The minimum Gasteiger partial charge on any atom is -0.481 e. The average molecular weight is 282 g/mol. The van der Waals surface area contributed by atoms with Crippen molar-refractivity contribution in [1.82, 2.24) is 4.98 Å². The molecule has 0 radical (unpaired) electrons. The maximum Gasteiger partial charge on any atom is 0.312 e. The van der Waals surface area contributed by atoms with Crippen LogP contribution in [0.4, 0.5) is 5.13 Å². The number of aromatic nitrogens is 1. The van der Waals surface area contributed by atoms with Crippen LogP contribution in [-0.2, 0) is 16.0 Å². The number of carboxylic acids is 1. The van der Waals surface area contributed by atoms with Crippen molar-refractivity contribution >= 4 is 22.4 Å². The zero-order chi connectivity index (χ0) is 13.4. The van der Waals surface area contributed by atoms with Crippen molar-refractivity contribution < 1.29 is 14.6 Å². The lowest BCUT2D eigenvalue weighted by atomic mass is 10.1. The molecular weight excluding hydrogens is 264 g/mol. The molecule has 0 amide bonds. The number of nitrogens with one attached hydrogen (secondary N) is 1. The standard InChI is InChI=1S/C13H18N2O3S/c1-18-9-4-2-3-8(9)14-13-15-11-7(12(16)17)5-6-10(11)19-13/h7-9H,2-6H2,1H3,(H,14,15)(H,16,17). The molecule has 1 heterocycles. The van der Waals surface area contributed by atoms with Crippen molar-refractivity contribution in [3.05, 3.63) is 10.6 Å². The molecule has 1 fully saturated rings. The number of carboxylic acid groups (broad SMARTS) is 1. The quantitative estimate of drug-likeness (QED) is 0.886. The van der Waals surface area contributed by atoms with Gasteiger partial charge in [0.05, 0.1) is 17.8 Å². The number of thiazole rings is 1. The Balaban J connectivity index is 1.74. The van der Waals surface area contributed by atoms with E-state index in [1.165, 1.54) is 6.42 Å². The fraction of sp³-hybridized carbons (Fsp3) is 0.692. The molecule has 2 N–H and O–H groups in total. The molecule has 3 rings (SSSR count). The molecule has 2 aliphatic rings. The molecule has 1 aromatic rings. The second-order valence-corrected chi connectivity index (χ2v) is 6.30. The summed E-state index contributed by atoms with van der Waals surface area (Å²) in [7, 11) is 1.74. The van der Waals surface area contributed by atoms with Crippen LogP contribution in [0.1, 0.15) is 42.2 Å². The van der Waals surface area contributed by atoms with E-state index in [1.54, 1.807) is 18.4 Å². The van der Waals surface area contributed by atoms with Crippen molar-refractivity contribution in [1.29, 1.82) is 0 Å². The maximum absolute atomic E-state index is 11.1. The van der Waals surface area contributed by atoms with E-state index >= 15 is 0 Å². The van der Waals surface area contributed by atoms with Crippen LogP contribution in [-0.4, -0.2) is 35.3 Å². The van der Waals surface area contributed by atoms with Crippen molar-refractivity contribution in [3.8, 4) is 0 Å². The van der Waals surface area contributed by atoms with Gasteiger partial charge in [0.1, 0.15) is 5.92 Å². The highest BCUT2D eigenvalue weighted by atomic mass is 32.1. The number of aliphatic carboxylic acids is 1. The van der Waals surface area contributed by atoms with Crippen LogP contribution in [0, 0.1) is 0 Å². The molecule has 2 aliphatic carbocycles. The third kappa shape index (κ3) is 2.34. The highest BCUT2D eigenvalue weighted by molar-refractivity contribution is 7.15. The molecular formula is C13H18N2O3S. The Bertz CT molecular complexity index is 488. The number of hydrogen-bond acceptors (Lipinski definition) is 5. The zero-order valence-corrected chi connectivity index (χ0v) is 11.7. The highest BCUT2D eigenvalue weighted by Gasteiger charge is 2.33. The van der Waals surface area contributed by atoms with Crippen molar-refractivity contribution in [3.63, 3.8) is 0 Å². The molecule has 1 aromatic heterocycles. The van der Waals surface area contributed by atoms with Gasteiger partial charge in [-0.05, 0) is 32.1 Å². The molecule has 0 spiro atoms. The maximum atomic E-state index is 11.1. The number of ether oxygens (including phenoxy) is 1. The monoisotopic (exact) mass is 282 g/mol. The van der Waals surface area contributed by atoms with E-state index in [0.29, 0.717) is 12.5 Å². The molecule has 1 saturated carbocycles. The first-order valence-electron chi connectivity index (χ1n) is 6.70. The number of hydrogen-bond donors (Lipinski definition) is 2. The van der Waals surface area contributed by atoms with E-state index in [-0.39, 0.29) is 6.10 Å². The minimum atomic E-state index is -0.758. The van der Waals surface area contributed by atoms with Gasteiger partial charge in [-0.15, -0.1) is 11.3 Å². The van der Waals surface area contributed by atoms with Gasteiger partial charge in [-0.3, -0.25) is 4.79 Å². The SMILES string of the molecule is COC1CCCC1Nc1nc2c(s1)CCC2C(=O)O. The van der Waals surface area contributed by atoms with E-state index in [9.17, 15) is 4.79 Å². The number of anilines is 1. The van der Waals surface area contributed by atoms with Gasteiger partial charge in [-0.1, -0.05) is 0 Å². The molecule has 5 nitrogen and oxygen atoms in total. The van der Waals surface area contributed by atoms with Crippen LogP contribution in [0.5, 0.6) is 0 Å². The highest BCUT2D eigenvalue weighted by Crippen LogP contribution is 2.39. The van der Waals surface area contributed by atoms with Crippen LogP contribution in [0.25, 0.3) is 0 Å². The van der Waals surface area contributed by atoms with Crippen molar-refractivity contribution in [2.75, 3.05) is 12.4 Å². The summed E-state index contributed by atoms with van der Waals surface area (Å²) >= 11 is 1.60. The normalized spacial score (nSPS) is 29.4. The first-order chi connectivity index (χ1) is 9.19. The van der Waals surface area contributed by atoms with Gasteiger partial charge in [0, 0.05) is 12.0 Å². The number of methoxy groups -OCH3 is 1. The summed E-state index contributed by atoms with van der Waals surface area (Å²) in [6.45, 7) is 0. The smallest absolute Gasteiger partial charge is 0.312 e. The van der Waals surface area contributed by atoms with Gasteiger partial charge < -0.3 is 15.2 Å². The Kier molecular flexibility index (Phi) is 3.45. The molecule has 0 aliphatic heterocycles. The first-order valence-corrected chi connectivity index (χ1v) is 7.52. The van der Waals surface area contributed by atoms with Crippen LogP contribution in [0.3, 0.4) is 0 Å². The predicted octanol–water partition coefficient (Wildman–Crippen LogP) is 2.24. The van der Waals surface area contributed by atoms with Crippen LogP contribution >= 0.6 is 11.3 Å². The lowest BCUT2D eigenvalue weighted by Gasteiger charge is -2.19. The number of carbonyl (C=O) groups is 1. The molecule has 3 atom stereocenters. The summed E-state index contributed by atoms with van der Waals surface area (Å²) in [4.78, 5) is 16.8. The summed E-state index contributed by atoms with van der Waals surface area (Å²) in [5.41, 5.74) is 0.770. The van der Waals surface area contributed by atoms with Gasteiger partial charge in [0.2, 0.25) is 0 Å². The summed E-state index contributed by atoms with van der Waals surface area (Å²) in [6.07, 6.45) is 5.10. The fourth-order valence-electron chi connectivity index (χ4n) is 3.06. The molecule has 0 saturated heterocycles. The van der Waals surface area contributed by atoms with Crippen LogP contribution < -0.4 is 5.32 Å². The topological polar surface area (TPSA) is 71.5 Å². The zero-order valence-electron chi connectivity index (χ0n) is 10.9. The van der Waals surface area contributed by atoms with Gasteiger partial charge in [-0.25, -0.2) is 4.98 Å². The van der Waals surface area contributed by atoms with Gasteiger partial charge >= 0.3 is 5.97 Å². The van der Waals surface area contributed by atoms with Gasteiger partial charge in [0.25, 0.3) is 0 Å². The van der Waals surface area contributed by atoms with E-state index in [0.717, 1.165) is 35.0 Å². The Morgan fingerprint density at radius 3 is 3.05 bits per heavy atom. The van der Waals surface area contributed by atoms with Crippen LogP contribution in [0.15, 0.2) is 0 Å². The lowest BCUT2D eigenvalue weighted by molar-refractivity contribution is -0.138. The van der Waals surface area contributed by atoms with Gasteiger partial charge in [-0.2, -0.15) is 0 Å². The molecule has 19 heavy (non-hydrogen) atoms. The van der Waals surface area contributed by atoms with E-state index < -0.39 is 11.9 Å². The number of fused-ring (bicyclic) bond motifs is 1. The largest absolute Gasteiger partial charge is 0.481 e. The van der Waals surface area contributed by atoms with E-state index in [4.69, 9.17) is 9.84 Å².